The van der Waals surface area contributed by atoms with Crippen LogP contribution in [0.1, 0.15) is 101 Å². The van der Waals surface area contributed by atoms with E-state index in [2.05, 4.69) is 116 Å². The lowest BCUT2D eigenvalue weighted by atomic mass is 9.34. The molecule has 0 radical (unpaired) electrons. The zero-order valence-corrected chi connectivity index (χ0v) is 30.0. The van der Waals surface area contributed by atoms with Gasteiger partial charge in [0.2, 0.25) is 0 Å². The highest BCUT2D eigenvalue weighted by Gasteiger charge is 2.41. The van der Waals surface area contributed by atoms with E-state index in [1.807, 2.05) is 0 Å². The quantitative estimate of drug-likeness (QED) is 0.118. The van der Waals surface area contributed by atoms with Gasteiger partial charge in [-0.25, -0.2) is 0 Å². The Balaban J connectivity index is 1.40. The summed E-state index contributed by atoms with van der Waals surface area (Å²) in [5, 5.41) is 5.73. The molecule has 0 aliphatic carbocycles. The van der Waals surface area contributed by atoms with Crippen LogP contribution >= 0.6 is 0 Å². The summed E-state index contributed by atoms with van der Waals surface area (Å²) in [7, 11) is 0. The van der Waals surface area contributed by atoms with Crippen LogP contribution in [0.15, 0.2) is 78.9 Å². The van der Waals surface area contributed by atoms with E-state index in [9.17, 15) is 0 Å². The molecular weight excluding hydrogens is 591 g/mol. The molecule has 7 aromatic rings. The monoisotopic (exact) mass is 640 g/mol. The minimum atomic E-state index is 0.215. The summed E-state index contributed by atoms with van der Waals surface area (Å²) >= 11 is 0. The summed E-state index contributed by atoms with van der Waals surface area (Å²) in [4.78, 5) is 0. The third-order valence-electron chi connectivity index (χ3n) is 11.8. The molecule has 2 aliphatic rings. The molecule has 0 N–H and O–H groups in total. The SMILES string of the molecule is CCCCc1ccc2c(c1)c1cc(CCCC)cc3c1n2-c1cccc2c1B3c1cc(CCCC)cc3c4cc(CCCC)ccc4n-2c13. The molecule has 3 heteroatoms. The van der Waals surface area contributed by atoms with Crippen LogP contribution in [0.4, 0.5) is 0 Å². The second kappa shape index (κ2) is 12.3. The third-order valence-corrected chi connectivity index (χ3v) is 11.8. The average molecular weight is 641 g/mol. The van der Waals surface area contributed by atoms with Crippen LogP contribution in [0.25, 0.3) is 55.0 Å². The predicted molar refractivity (Wildman–Crippen MR) is 214 cm³/mol. The van der Waals surface area contributed by atoms with Crippen LogP contribution in [0.2, 0.25) is 0 Å². The molecular formula is C46H49BN2. The smallest absolute Gasteiger partial charge is 0.252 e. The minimum absolute atomic E-state index is 0.215. The summed E-state index contributed by atoms with van der Waals surface area (Å²) in [6.45, 7) is 9.46. The fraction of sp³-hybridized carbons (Fsp3) is 0.348. The van der Waals surface area contributed by atoms with Crippen molar-refractivity contribution in [3.05, 3.63) is 101 Å². The summed E-state index contributed by atoms with van der Waals surface area (Å²) in [6.07, 6.45) is 14.4. The predicted octanol–water partition coefficient (Wildman–Crippen LogP) is 10.4. The van der Waals surface area contributed by atoms with Crippen molar-refractivity contribution in [1.82, 2.24) is 9.13 Å². The second-order valence-corrected chi connectivity index (χ2v) is 15.1. The molecule has 0 unspecified atom stereocenters. The topological polar surface area (TPSA) is 9.86 Å². The van der Waals surface area contributed by atoms with Crippen LogP contribution < -0.4 is 16.4 Å². The average Bonchev–Trinajstić information content (AvgIpc) is 3.64. The number of fused-ring (bicyclic) bond motifs is 10. The summed E-state index contributed by atoms with van der Waals surface area (Å²) < 4.78 is 5.28. The zero-order valence-electron chi connectivity index (χ0n) is 30.0. The van der Waals surface area contributed by atoms with Gasteiger partial charge < -0.3 is 9.13 Å². The zero-order chi connectivity index (χ0) is 33.2. The lowest BCUT2D eigenvalue weighted by molar-refractivity contribution is 0.796. The van der Waals surface area contributed by atoms with E-state index < -0.39 is 0 Å². The molecule has 0 bridgehead atoms. The van der Waals surface area contributed by atoms with Crippen LogP contribution in [-0.2, 0) is 25.7 Å². The minimum Gasteiger partial charge on any atom is -0.310 e. The maximum absolute atomic E-state index is 2.64. The van der Waals surface area contributed by atoms with Crippen molar-refractivity contribution in [2.75, 3.05) is 0 Å². The number of unbranched alkanes of at least 4 members (excludes halogenated alkanes) is 4. The van der Waals surface area contributed by atoms with E-state index in [1.165, 1.54) is 145 Å². The van der Waals surface area contributed by atoms with Gasteiger partial charge in [-0.3, -0.25) is 0 Å². The molecule has 0 fully saturated rings. The van der Waals surface area contributed by atoms with E-state index in [1.54, 1.807) is 0 Å². The van der Waals surface area contributed by atoms with Gasteiger partial charge in [-0.15, -0.1) is 0 Å². The Bertz CT molecular complexity index is 2240. The van der Waals surface area contributed by atoms with Crippen LogP contribution in [0.3, 0.4) is 0 Å². The van der Waals surface area contributed by atoms with E-state index in [-0.39, 0.29) is 6.71 Å². The van der Waals surface area contributed by atoms with Gasteiger partial charge in [0.15, 0.2) is 0 Å². The maximum Gasteiger partial charge on any atom is 0.252 e. The van der Waals surface area contributed by atoms with Crippen molar-refractivity contribution < 1.29 is 0 Å². The van der Waals surface area contributed by atoms with Gasteiger partial charge in [-0.1, -0.05) is 83.7 Å². The number of benzene rings is 5. The fourth-order valence-electron chi connectivity index (χ4n) is 9.35. The molecule has 2 aliphatic heterocycles. The molecule has 246 valence electrons. The first-order valence-corrected chi connectivity index (χ1v) is 19.5. The van der Waals surface area contributed by atoms with Crippen LogP contribution in [0.5, 0.6) is 0 Å². The van der Waals surface area contributed by atoms with Crippen molar-refractivity contribution >= 4 is 66.7 Å². The van der Waals surface area contributed by atoms with E-state index in [0.29, 0.717) is 0 Å². The van der Waals surface area contributed by atoms with Crippen LogP contribution in [-0.4, -0.2) is 15.8 Å². The second-order valence-electron chi connectivity index (χ2n) is 15.1. The first-order chi connectivity index (χ1) is 24.1. The lowest BCUT2D eigenvalue weighted by Gasteiger charge is -2.34. The molecule has 4 heterocycles. The largest absolute Gasteiger partial charge is 0.310 e. The summed E-state index contributed by atoms with van der Waals surface area (Å²) in [5.74, 6) is 0. The molecule has 0 spiro atoms. The van der Waals surface area contributed by atoms with Crippen LogP contribution in [0, 0.1) is 0 Å². The summed E-state index contributed by atoms with van der Waals surface area (Å²) in [6, 6.07) is 32.1. The molecule has 2 aromatic heterocycles. The molecule has 2 nitrogen and oxygen atoms in total. The molecule has 0 saturated heterocycles. The van der Waals surface area contributed by atoms with Crippen molar-refractivity contribution in [3.63, 3.8) is 0 Å². The Labute approximate surface area is 292 Å². The van der Waals surface area contributed by atoms with Crippen molar-refractivity contribution in [3.8, 4) is 11.4 Å². The Morgan fingerprint density at radius 3 is 1.29 bits per heavy atom. The maximum atomic E-state index is 2.64. The highest BCUT2D eigenvalue weighted by atomic mass is 15.0. The number of aryl methyl sites for hydroxylation is 4. The van der Waals surface area contributed by atoms with Crippen molar-refractivity contribution in [1.29, 1.82) is 0 Å². The summed E-state index contributed by atoms with van der Waals surface area (Å²) in [5.41, 5.74) is 18.7. The van der Waals surface area contributed by atoms with Gasteiger partial charge in [0.05, 0.1) is 11.0 Å². The Hall–Kier alpha value is -4.24. The number of nitrogens with zero attached hydrogens (tertiary/aromatic N) is 2. The van der Waals surface area contributed by atoms with E-state index in [4.69, 9.17) is 0 Å². The first-order valence-electron chi connectivity index (χ1n) is 19.5. The standard InChI is InChI=1S/C46H49BN2/c1-5-9-14-30-20-22-40-34(24-30)36-26-32(16-11-7-3)28-38-45(36)48(40)42-18-13-19-43-44(42)47(38)39-29-33(17-12-8-4)27-37-35-25-31(15-10-6-2)21-23-41(35)49(43)46(37)39/h13,18-29H,5-12,14-17H2,1-4H3. The van der Waals surface area contributed by atoms with Gasteiger partial charge in [0.1, 0.15) is 0 Å². The Morgan fingerprint density at radius 1 is 0.449 bits per heavy atom. The van der Waals surface area contributed by atoms with Crippen molar-refractivity contribution in [2.24, 2.45) is 0 Å². The molecule has 9 rings (SSSR count). The normalized spacial score (nSPS) is 13.0. The number of hydrogen-bond donors (Lipinski definition) is 0. The van der Waals surface area contributed by atoms with Gasteiger partial charge in [0.25, 0.3) is 6.71 Å². The molecule has 0 atom stereocenters. The van der Waals surface area contributed by atoms with Gasteiger partial charge in [-0.05, 0) is 139 Å². The van der Waals surface area contributed by atoms with Gasteiger partial charge >= 0.3 is 0 Å². The third kappa shape index (κ3) is 4.68. The first kappa shape index (κ1) is 30.8. The number of aromatic nitrogens is 2. The molecule has 5 aromatic carbocycles. The Kier molecular flexibility index (Phi) is 7.71. The van der Waals surface area contributed by atoms with Crippen molar-refractivity contribution in [2.45, 2.75) is 105 Å². The Morgan fingerprint density at radius 2 is 0.857 bits per heavy atom. The fourth-order valence-corrected chi connectivity index (χ4v) is 9.35. The van der Waals surface area contributed by atoms with E-state index >= 15 is 0 Å². The highest BCUT2D eigenvalue weighted by Crippen LogP contribution is 2.40. The van der Waals surface area contributed by atoms with E-state index in [0.717, 1.165) is 25.7 Å². The molecule has 0 amide bonds. The highest BCUT2D eigenvalue weighted by molar-refractivity contribution is 7.00. The van der Waals surface area contributed by atoms with Gasteiger partial charge in [-0.2, -0.15) is 0 Å². The van der Waals surface area contributed by atoms with Gasteiger partial charge in [0, 0.05) is 44.0 Å². The molecule has 49 heavy (non-hydrogen) atoms. The number of hydrogen-bond acceptors (Lipinski definition) is 0. The lowest BCUT2D eigenvalue weighted by Crippen LogP contribution is -2.59. The number of rotatable bonds is 12. The molecule has 0 saturated carbocycles.